The van der Waals surface area contributed by atoms with Crippen LogP contribution in [0.2, 0.25) is 0 Å². The molecule has 1 saturated carbocycles. The highest BCUT2D eigenvalue weighted by molar-refractivity contribution is 5.94. The summed E-state index contributed by atoms with van der Waals surface area (Å²) in [6, 6.07) is 15.1. The van der Waals surface area contributed by atoms with E-state index in [1.165, 1.54) is 0 Å². The molecule has 0 atom stereocenters. The topological polar surface area (TPSA) is 82.4 Å². The molecule has 0 radical (unpaired) electrons. The van der Waals surface area contributed by atoms with Crippen LogP contribution in [0, 0.1) is 5.92 Å². The molecule has 0 unspecified atom stereocenters. The van der Waals surface area contributed by atoms with Crippen LogP contribution >= 0.6 is 0 Å². The number of fused-ring (bicyclic) bond motifs is 1. The van der Waals surface area contributed by atoms with Crippen LogP contribution < -0.4 is 9.47 Å². The smallest absolute Gasteiger partial charge is 0.254 e. The fourth-order valence-electron chi connectivity index (χ4n) is 4.73. The van der Waals surface area contributed by atoms with Crippen molar-refractivity contribution in [2.45, 2.75) is 38.1 Å². The van der Waals surface area contributed by atoms with Gasteiger partial charge in [0.2, 0.25) is 0 Å². The van der Waals surface area contributed by atoms with Gasteiger partial charge in [-0.2, -0.15) is 4.68 Å². The largest absolute Gasteiger partial charge is 0.486 e. The van der Waals surface area contributed by atoms with Crippen LogP contribution in [-0.4, -0.2) is 51.3 Å². The van der Waals surface area contributed by atoms with Crippen LogP contribution in [0.5, 0.6) is 11.5 Å². The molecule has 166 valence electrons. The Hall–Kier alpha value is -3.42. The summed E-state index contributed by atoms with van der Waals surface area (Å²) in [5.74, 6) is 2.63. The summed E-state index contributed by atoms with van der Waals surface area (Å²) < 4.78 is 13.2. The van der Waals surface area contributed by atoms with E-state index in [9.17, 15) is 4.79 Å². The molecule has 2 heterocycles. The molecular formula is C24H27N5O3. The fraction of sp³-hybridized carbons (Fsp3) is 0.417. The lowest BCUT2D eigenvalue weighted by atomic mass is 9.75. The van der Waals surface area contributed by atoms with Crippen molar-refractivity contribution >= 4 is 5.91 Å². The van der Waals surface area contributed by atoms with Crippen molar-refractivity contribution in [1.29, 1.82) is 0 Å². The Kier molecular flexibility index (Phi) is 5.28. The number of nitrogens with zero attached hydrogens (tertiary/aromatic N) is 5. The van der Waals surface area contributed by atoms with Gasteiger partial charge in [-0.3, -0.25) is 4.79 Å². The van der Waals surface area contributed by atoms with E-state index in [1.54, 1.807) is 4.68 Å². The number of aromatic nitrogens is 4. The average molecular weight is 434 g/mol. The third-order valence-corrected chi connectivity index (χ3v) is 6.72. The molecular weight excluding hydrogens is 406 g/mol. The maximum atomic E-state index is 13.5. The third-order valence-electron chi connectivity index (χ3n) is 6.72. The average Bonchev–Trinajstić information content (AvgIpc) is 3.35. The summed E-state index contributed by atoms with van der Waals surface area (Å²) in [6.07, 6.45) is 3.60. The zero-order chi connectivity index (χ0) is 22.1. The van der Waals surface area contributed by atoms with Gasteiger partial charge in [0, 0.05) is 18.7 Å². The highest BCUT2D eigenvalue weighted by atomic mass is 16.6. The summed E-state index contributed by atoms with van der Waals surface area (Å²) >= 11 is 0. The molecule has 1 aromatic heterocycles. The molecule has 5 rings (SSSR count). The molecule has 1 aliphatic heterocycles. The first-order valence-electron chi connectivity index (χ1n) is 11.1. The van der Waals surface area contributed by atoms with E-state index in [0.29, 0.717) is 42.0 Å². The molecule has 2 aromatic carbocycles. The number of tetrazole rings is 1. The highest BCUT2D eigenvalue weighted by Crippen LogP contribution is 2.44. The molecule has 0 spiro atoms. The molecule has 1 fully saturated rings. The second kappa shape index (κ2) is 8.26. The number of amides is 1. The summed E-state index contributed by atoms with van der Waals surface area (Å²) in [6.45, 7) is 3.30. The van der Waals surface area contributed by atoms with Gasteiger partial charge in [-0.25, -0.2) is 0 Å². The Morgan fingerprint density at radius 2 is 1.78 bits per heavy atom. The van der Waals surface area contributed by atoms with Gasteiger partial charge in [0.25, 0.3) is 5.91 Å². The van der Waals surface area contributed by atoms with Crippen molar-refractivity contribution < 1.29 is 14.3 Å². The molecule has 2 aliphatic rings. The summed E-state index contributed by atoms with van der Waals surface area (Å²) in [7, 11) is 1.87. The van der Waals surface area contributed by atoms with Gasteiger partial charge < -0.3 is 14.4 Å². The summed E-state index contributed by atoms with van der Waals surface area (Å²) in [5.41, 5.74) is 0.843. The summed E-state index contributed by atoms with van der Waals surface area (Å²) in [5, 5.41) is 12.8. The van der Waals surface area contributed by atoms with Gasteiger partial charge in [0.15, 0.2) is 17.3 Å². The Bertz CT molecular complexity index is 1110. The standard InChI is InChI=1S/C24H27N5O3/c1-17-10-12-24(13-11-17,28(2)22(30)18-6-4-3-5-7-18)23-25-26-27-29(23)19-8-9-20-21(16-19)32-15-14-31-20/h3-9,16-17H,10-15H2,1-2H3. The lowest BCUT2D eigenvalue weighted by Gasteiger charge is -2.44. The maximum absolute atomic E-state index is 13.5. The SMILES string of the molecule is CC1CCC(c2nnnn2-c2ccc3c(c2)OCCO3)(N(C)C(=O)c2ccccc2)CC1. The Morgan fingerprint density at radius 3 is 2.53 bits per heavy atom. The number of hydrogen-bond donors (Lipinski definition) is 0. The van der Waals surface area contributed by atoms with Crippen molar-refractivity contribution in [3.63, 3.8) is 0 Å². The van der Waals surface area contributed by atoms with Crippen LogP contribution in [0.4, 0.5) is 0 Å². The second-order valence-electron chi connectivity index (χ2n) is 8.69. The Morgan fingerprint density at radius 1 is 1.06 bits per heavy atom. The molecule has 1 aliphatic carbocycles. The first kappa shape index (κ1) is 20.5. The highest BCUT2D eigenvalue weighted by Gasteiger charge is 2.46. The van der Waals surface area contributed by atoms with Crippen molar-refractivity contribution in [3.8, 4) is 17.2 Å². The van der Waals surface area contributed by atoms with Crippen LogP contribution in [0.3, 0.4) is 0 Å². The lowest BCUT2D eigenvalue weighted by molar-refractivity contribution is 0.0327. The molecule has 8 nitrogen and oxygen atoms in total. The number of benzene rings is 2. The first-order valence-corrected chi connectivity index (χ1v) is 11.1. The van der Waals surface area contributed by atoms with Gasteiger partial charge >= 0.3 is 0 Å². The number of hydrogen-bond acceptors (Lipinski definition) is 6. The minimum Gasteiger partial charge on any atom is -0.486 e. The molecule has 1 amide bonds. The first-order chi connectivity index (χ1) is 15.6. The van der Waals surface area contributed by atoms with E-state index in [1.807, 2.05) is 60.5 Å². The fourth-order valence-corrected chi connectivity index (χ4v) is 4.73. The number of ether oxygens (including phenoxy) is 2. The Balaban J connectivity index is 1.57. The van der Waals surface area contributed by atoms with Crippen molar-refractivity contribution in [2.24, 2.45) is 5.92 Å². The van der Waals surface area contributed by atoms with E-state index in [-0.39, 0.29) is 5.91 Å². The zero-order valence-electron chi connectivity index (χ0n) is 18.4. The molecule has 3 aromatic rings. The zero-order valence-corrected chi connectivity index (χ0v) is 18.4. The predicted octanol–water partition coefficient (Wildman–Crippen LogP) is 3.61. The molecule has 0 saturated heterocycles. The number of carbonyl (C=O) groups excluding carboxylic acids is 1. The quantitative estimate of drug-likeness (QED) is 0.625. The minimum atomic E-state index is -0.601. The van der Waals surface area contributed by atoms with Crippen molar-refractivity contribution in [2.75, 3.05) is 20.3 Å². The number of rotatable bonds is 4. The third kappa shape index (κ3) is 3.49. The monoisotopic (exact) mass is 433 g/mol. The predicted molar refractivity (Wildman–Crippen MR) is 118 cm³/mol. The van der Waals surface area contributed by atoms with E-state index in [0.717, 1.165) is 31.4 Å². The van der Waals surface area contributed by atoms with Gasteiger partial charge in [-0.1, -0.05) is 25.1 Å². The van der Waals surface area contributed by atoms with E-state index >= 15 is 0 Å². The van der Waals surface area contributed by atoms with Crippen LogP contribution in [0.15, 0.2) is 48.5 Å². The molecule has 0 N–H and O–H groups in total. The second-order valence-corrected chi connectivity index (χ2v) is 8.69. The summed E-state index contributed by atoms with van der Waals surface area (Å²) in [4.78, 5) is 15.3. The van der Waals surface area contributed by atoms with Crippen LogP contribution in [0.25, 0.3) is 5.69 Å². The van der Waals surface area contributed by atoms with E-state index in [2.05, 4.69) is 22.4 Å². The Labute approximate surface area is 187 Å². The van der Waals surface area contributed by atoms with Crippen LogP contribution in [-0.2, 0) is 5.54 Å². The van der Waals surface area contributed by atoms with Gasteiger partial charge in [-0.05, 0) is 66.3 Å². The maximum Gasteiger partial charge on any atom is 0.254 e. The van der Waals surface area contributed by atoms with E-state index in [4.69, 9.17) is 9.47 Å². The van der Waals surface area contributed by atoms with E-state index < -0.39 is 5.54 Å². The number of carbonyl (C=O) groups is 1. The van der Waals surface area contributed by atoms with Gasteiger partial charge in [0.05, 0.1) is 5.69 Å². The normalized spacial score (nSPS) is 22.4. The molecule has 8 heteroatoms. The molecule has 32 heavy (non-hydrogen) atoms. The van der Waals surface area contributed by atoms with Crippen LogP contribution in [0.1, 0.15) is 48.8 Å². The van der Waals surface area contributed by atoms with Crippen molar-refractivity contribution in [1.82, 2.24) is 25.1 Å². The van der Waals surface area contributed by atoms with Gasteiger partial charge in [-0.15, -0.1) is 5.10 Å². The van der Waals surface area contributed by atoms with Crippen molar-refractivity contribution in [3.05, 3.63) is 59.9 Å². The van der Waals surface area contributed by atoms with Gasteiger partial charge in [0.1, 0.15) is 18.8 Å². The molecule has 0 bridgehead atoms. The lowest BCUT2D eigenvalue weighted by Crippen LogP contribution is -2.50. The minimum absolute atomic E-state index is 0.0307.